The van der Waals surface area contributed by atoms with Gasteiger partial charge in [-0.3, -0.25) is 9.20 Å². The number of carbonyl (C=O) groups excluding carboxylic acids is 1. The maximum absolute atomic E-state index is 13.7. The van der Waals surface area contributed by atoms with Crippen LogP contribution in [0.1, 0.15) is 30.5 Å². The van der Waals surface area contributed by atoms with E-state index >= 15 is 0 Å². The first-order valence-corrected chi connectivity index (χ1v) is 12.1. The highest BCUT2D eigenvalue weighted by atomic mass is 35.5. The highest BCUT2D eigenvalue weighted by Crippen LogP contribution is 2.34. The summed E-state index contributed by atoms with van der Waals surface area (Å²) in [6.45, 7) is 3.78. The number of halogens is 3. The lowest BCUT2D eigenvalue weighted by Crippen LogP contribution is -2.39. The lowest BCUT2D eigenvalue weighted by atomic mass is 9.96. The molecule has 2 aliphatic rings. The van der Waals surface area contributed by atoms with Crippen LogP contribution in [0.15, 0.2) is 58.6 Å². The second-order valence-corrected chi connectivity index (χ2v) is 9.60. The molecule has 2 aliphatic heterocycles. The zero-order chi connectivity index (χ0) is 21.9. The van der Waals surface area contributed by atoms with E-state index in [-0.39, 0.29) is 36.5 Å². The van der Waals surface area contributed by atoms with Crippen molar-refractivity contribution in [3.05, 3.63) is 70.6 Å². The number of nitrogens with zero attached hydrogens (tertiary/aromatic N) is 3. The molecule has 0 aliphatic carbocycles. The minimum Gasteiger partial charge on any atom is -0.351 e. The van der Waals surface area contributed by atoms with Crippen LogP contribution >= 0.6 is 36.6 Å². The summed E-state index contributed by atoms with van der Waals surface area (Å²) in [7, 11) is 0. The Morgan fingerprint density at radius 1 is 1.12 bits per heavy atom. The molecule has 0 unspecified atom stereocenters. The second kappa shape index (κ2) is 12.1. The van der Waals surface area contributed by atoms with Crippen molar-refractivity contribution < 1.29 is 9.18 Å². The van der Waals surface area contributed by atoms with Gasteiger partial charge in [-0.1, -0.05) is 36.0 Å². The van der Waals surface area contributed by atoms with E-state index in [2.05, 4.69) is 19.6 Å². The molecule has 0 atom stereocenters. The molecule has 2 aromatic heterocycles. The van der Waals surface area contributed by atoms with E-state index in [1.54, 1.807) is 6.07 Å². The van der Waals surface area contributed by atoms with Crippen molar-refractivity contribution in [1.82, 2.24) is 19.6 Å². The summed E-state index contributed by atoms with van der Waals surface area (Å²) in [6, 6.07) is 13.0. The van der Waals surface area contributed by atoms with Gasteiger partial charge in [-0.15, -0.1) is 24.8 Å². The number of likely N-dealkylation sites (tertiary alicyclic amines) is 1. The highest BCUT2D eigenvalue weighted by Gasteiger charge is 2.23. The van der Waals surface area contributed by atoms with Gasteiger partial charge in [0, 0.05) is 6.54 Å². The number of carbonyl (C=O) groups is 1. The summed E-state index contributed by atoms with van der Waals surface area (Å²) in [5, 5.41) is 4.16. The number of nitrogens with one attached hydrogen (secondary N) is 1. The lowest BCUT2D eigenvalue weighted by molar-refractivity contribution is -0.117. The summed E-state index contributed by atoms with van der Waals surface area (Å²) < 4.78 is 15.8. The zero-order valence-electron chi connectivity index (χ0n) is 18.8. The van der Waals surface area contributed by atoms with Crippen molar-refractivity contribution in [2.45, 2.75) is 30.7 Å². The molecule has 1 fully saturated rings. The summed E-state index contributed by atoms with van der Waals surface area (Å²) in [5.41, 5.74) is 2.66. The molecule has 1 aromatic carbocycles. The Hall–Kier alpha value is -2.06. The van der Waals surface area contributed by atoms with E-state index in [1.807, 2.05) is 42.6 Å². The van der Waals surface area contributed by atoms with Gasteiger partial charge in [-0.2, -0.15) is 0 Å². The Morgan fingerprint density at radius 3 is 2.71 bits per heavy atom. The van der Waals surface area contributed by atoms with Crippen LogP contribution in [-0.2, 0) is 11.2 Å². The zero-order valence-corrected chi connectivity index (χ0v) is 21.2. The van der Waals surface area contributed by atoms with Crippen LogP contribution < -0.4 is 5.32 Å². The third-order valence-electron chi connectivity index (χ3n) is 6.37. The maximum Gasteiger partial charge on any atom is 0.258 e. The lowest BCUT2D eigenvalue weighted by Gasteiger charge is -2.32. The van der Waals surface area contributed by atoms with Crippen molar-refractivity contribution in [2.24, 2.45) is 5.92 Å². The maximum atomic E-state index is 13.7. The van der Waals surface area contributed by atoms with Gasteiger partial charge in [-0.05, 0) is 81.1 Å². The molecule has 4 heterocycles. The molecule has 0 radical (unpaired) electrons. The van der Waals surface area contributed by atoms with Crippen molar-refractivity contribution in [3.63, 3.8) is 0 Å². The molecule has 0 spiro atoms. The summed E-state index contributed by atoms with van der Waals surface area (Å²) in [4.78, 5) is 20.4. The Bertz CT molecular complexity index is 1160. The van der Waals surface area contributed by atoms with Crippen molar-refractivity contribution >= 4 is 54.2 Å². The van der Waals surface area contributed by atoms with Crippen LogP contribution in [0.2, 0.25) is 0 Å². The Kier molecular flexibility index (Phi) is 9.42. The summed E-state index contributed by atoms with van der Waals surface area (Å²) in [5.74, 6) is 0.394. The van der Waals surface area contributed by atoms with Crippen molar-refractivity contribution in [2.75, 3.05) is 26.2 Å². The molecular weight excluding hydrogens is 494 g/mol. The molecule has 1 amide bonds. The Labute approximate surface area is 216 Å². The number of rotatable bonds is 7. The normalized spacial score (nSPS) is 15.9. The molecule has 9 heteroatoms. The van der Waals surface area contributed by atoms with Crippen LogP contribution in [0.3, 0.4) is 0 Å². The van der Waals surface area contributed by atoms with E-state index < -0.39 is 0 Å². The average Bonchev–Trinajstić information content (AvgIpc) is 3.24. The van der Waals surface area contributed by atoms with E-state index in [0.29, 0.717) is 12.5 Å². The third kappa shape index (κ3) is 5.95. The van der Waals surface area contributed by atoms with E-state index in [0.717, 1.165) is 72.2 Å². The van der Waals surface area contributed by atoms with E-state index in [1.165, 1.54) is 17.8 Å². The molecule has 0 saturated carbocycles. The molecule has 0 bridgehead atoms. The first-order valence-electron chi connectivity index (χ1n) is 11.3. The highest BCUT2D eigenvalue weighted by molar-refractivity contribution is 8.04. The summed E-state index contributed by atoms with van der Waals surface area (Å²) in [6.07, 6.45) is 7.65. The van der Waals surface area contributed by atoms with E-state index in [9.17, 15) is 9.18 Å². The first kappa shape index (κ1) is 26.5. The number of thioether (sulfide) groups is 1. The summed E-state index contributed by atoms with van der Waals surface area (Å²) >= 11 is 1.49. The van der Waals surface area contributed by atoms with Gasteiger partial charge in [0.25, 0.3) is 5.91 Å². The van der Waals surface area contributed by atoms with Crippen LogP contribution in [0.25, 0.3) is 11.7 Å². The first-order chi connectivity index (χ1) is 15.7. The van der Waals surface area contributed by atoms with Gasteiger partial charge in [0.1, 0.15) is 11.5 Å². The number of pyridine rings is 1. The standard InChI is InChI=1S/C25H27FN4OS.2ClH/c26-21-7-2-1-5-19(21)6-4-12-29-13-10-18(11-14-29)16-28-25(31)22-15-20-17-27-23-8-3-9-24(32-22)30(20)23;;/h1-3,5,7-9,15,17-18H,4,6,10-14,16H2,(H,28,31);2*1H. The monoisotopic (exact) mass is 522 g/mol. The van der Waals surface area contributed by atoms with Crippen LogP contribution in [0, 0.1) is 11.7 Å². The number of benzene rings is 1. The predicted molar refractivity (Wildman–Crippen MR) is 140 cm³/mol. The number of amides is 1. The van der Waals surface area contributed by atoms with Gasteiger partial charge >= 0.3 is 0 Å². The van der Waals surface area contributed by atoms with Gasteiger partial charge in [0.05, 0.1) is 21.8 Å². The SMILES string of the molecule is Cl.Cl.O=C(NCC1CCN(CCCc2ccccc2F)CC1)C1=Cc2cnc3cccc(n23)S1. The molecule has 1 N–H and O–H groups in total. The second-order valence-electron chi connectivity index (χ2n) is 8.54. The fourth-order valence-corrected chi connectivity index (χ4v) is 5.54. The fourth-order valence-electron chi connectivity index (χ4n) is 4.53. The van der Waals surface area contributed by atoms with Gasteiger partial charge in [0.15, 0.2) is 0 Å². The number of aryl methyl sites for hydroxylation is 1. The largest absolute Gasteiger partial charge is 0.351 e. The number of hydrogen-bond acceptors (Lipinski definition) is 4. The molecule has 3 aromatic rings. The van der Waals surface area contributed by atoms with Crippen LogP contribution in [-0.4, -0.2) is 46.4 Å². The van der Waals surface area contributed by atoms with Gasteiger partial charge < -0.3 is 10.2 Å². The molecule has 1 saturated heterocycles. The molecule has 34 heavy (non-hydrogen) atoms. The Morgan fingerprint density at radius 2 is 1.91 bits per heavy atom. The molecular formula is C25H29Cl2FN4OS. The molecule has 182 valence electrons. The number of imidazole rings is 1. The quantitative estimate of drug-likeness (QED) is 0.461. The fraction of sp³-hybridized carbons (Fsp3) is 0.360. The van der Waals surface area contributed by atoms with Gasteiger partial charge in [-0.25, -0.2) is 9.37 Å². The molecule has 5 nitrogen and oxygen atoms in total. The van der Waals surface area contributed by atoms with Crippen LogP contribution in [0.5, 0.6) is 0 Å². The van der Waals surface area contributed by atoms with Crippen molar-refractivity contribution in [3.8, 4) is 0 Å². The number of aromatic nitrogens is 2. The molecule has 5 rings (SSSR count). The number of piperidine rings is 1. The van der Waals surface area contributed by atoms with Crippen LogP contribution in [0.4, 0.5) is 4.39 Å². The minimum absolute atomic E-state index is 0. The Balaban J connectivity index is 0.00000162. The topological polar surface area (TPSA) is 49.6 Å². The third-order valence-corrected chi connectivity index (χ3v) is 7.43. The van der Waals surface area contributed by atoms with Crippen molar-refractivity contribution in [1.29, 1.82) is 0 Å². The minimum atomic E-state index is -0.102. The van der Waals surface area contributed by atoms with Gasteiger partial charge in [0.2, 0.25) is 0 Å². The average molecular weight is 524 g/mol. The predicted octanol–water partition coefficient (Wildman–Crippen LogP) is 5.22. The number of hydrogen-bond donors (Lipinski definition) is 1. The van der Waals surface area contributed by atoms with E-state index in [4.69, 9.17) is 0 Å². The smallest absolute Gasteiger partial charge is 0.258 e.